The van der Waals surface area contributed by atoms with Crippen molar-refractivity contribution in [1.29, 1.82) is 0 Å². The summed E-state index contributed by atoms with van der Waals surface area (Å²) in [6.07, 6.45) is 1.44. The first kappa shape index (κ1) is 16.9. The van der Waals surface area contributed by atoms with Gasteiger partial charge < -0.3 is 15.4 Å². The van der Waals surface area contributed by atoms with Crippen molar-refractivity contribution in [2.75, 3.05) is 18.4 Å². The average Bonchev–Trinajstić information content (AvgIpc) is 2.60. The number of hydrogen-bond acceptors (Lipinski definition) is 3. The Kier molecular flexibility index (Phi) is 6.98. The molecular formula is C19H24N2O2. The molecule has 0 aromatic heterocycles. The van der Waals surface area contributed by atoms with E-state index in [4.69, 9.17) is 4.74 Å². The maximum absolute atomic E-state index is 11.5. The van der Waals surface area contributed by atoms with Gasteiger partial charge in [-0.05, 0) is 36.2 Å². The third kappa shape index (κ3) is 6.43. The van der Waals surface area contributed by atoms with Crippen LogP contribution in [0.2, 0.25) is 0 Å². The fourth-order valence-corrected chi connectivity index (χ4v) is 2.08. The molecule has 0 radical (unpaired) electrons. The van der Waals surface area contributed by atoms with Crippen LogP contribution in [0.15, 0.2) is 54.6 Å². The summed E-state index contributed by atoms with van der Waals surface area (Å²) < 4.78 is 5.74. The summed E-state index contributed by atoms with van der Waals surface area (Å²) in [6.45, 7) is 3.97. The van der Waals surface area contributed by atoms with Crippen LogP contribution in [0.5, 0.6) is 5.75 Å². The van der Waals surface area contributed by atoms with Gasteiger partial charge in [0.2, 0.25) is 5.91 Å². The lowest BCUT2D eigenvalue weighted by Crippen LogP contribution is -2.25. The van der Waals surface area contributed by atoms with E-state index in [0.29, 0.717) is 19.6 Å². The van der Waals surface area contributed by atoms with Crippen molar-refractivity contribution >= 4 is 11.6 Å². The predicted molar refractivity (Wildman–Crippen MR) is 93.6 cm³/mol. The minimum atomic E-state index is 0.0853. The molecule has 23 heavy (non-hydrogen) atoms. The van der Waals surface area contributed by atoms with Gasteiger partial charge in [-0.1, -0.05) is 37.3 Å². The molecule has 0 fully saturated rings. The molecule has 4 nitrogen and oxygen atoms in total. The first-order valence-corrected chi connectivity index (χ1v) is 8.05. The average molecular weight is 312 g/mol. The lowest BCUT2D eigenvalue weighted by Gasteiger charge is -2.09. The molecular weight excluding hydrogens is 288 g/mol. The standard InChI is InChI=1S/C19H24N2O2/c1-2-13-21-19(22)12-14-20-17-8-10-18(11-9-17)23-15-16-6-4-3-5-7-16/h3-11,20H,2,12-15H2,1H3,(H,21,22). The molecule has 0 spiro atoms. The second-order valence-corrected chi connectivity index (χ2v) is 5.33. The fourth-order valence-electron chi connectivity index (χ4n) is 2.08. The van der Waals surface area contributed by atoms with Crippen LogP contribution >= 0.6 is 0 Å². The molecule has 0 aliphatic carbocycles. The second-order valence-electron chi connectivity index (χ2n) is 5.33. The van der Waals surface area contributed by atoms with Gasteiger partial charge in [-0.25, -0.2) is 0 Å². The van der Waals surface area contributed by atoms with Crippen molar-refractivity contribution in [2.45, 2.75) is 26.4 Å². The highest BCUT2D eigenvalue weighted by Crippen LogP contribution is 2.17. The highest BCUT2D eigenvalue weighted by Gasteiger charge is 2.00. The normalized spacial score (nSPS) is 10.1. The number of amides is 1. The SMILES string of the molecule is CCCNC(=O)CCNc1ccc(OCc2ccccc2)cc1. The number of carbonyl (C=O) groups excluding carboxylic acids is 1. The van der Waals surface area contributed by atoms with Gasteiger partial charge in [-0.15, -0.1) is 0 Å². The number of benzene rings is 2. The number of rotatable bonds is 9. The third-order valence-electron chi connectivity index (χ3n) is 3.36. The lowest BCUT2D eigenvalue weighted by atomic mass is 10.2. The van der Waals surface area contributed by atoms with Crippen molar-refractivity contribution in [3.05, 3.63) is 60.2 Å². The van der Waals surface area contributed by atoms with E-state index in [2.05, 4.69) is 10.6 Å². The van der Waals surface area contributed by atoms with Crippen molar-refractivity contribution < 1.29 is 9.53 Å². The Morgan fingerprint density at radius 1 is 1.00 bits per heavy atom. The van der Waals surface area contributed by atoms with Gasteiger partial charge >= 0.3 is 0 Å². The van der Waals surface area contributed by atoms with E-state index in [1.165, 1.54) is 0 Å². The molecule has 0 unspecified atom stereocenters. The Morgan fingerprint density at radius 2 is 1.74 bits per heavy atom. The monoisotopic (exact) mass is 312 g/mol. The molecule has 1 amide bonds. The minimum Gasteiger partial charge on any atom is -0.489 e. The summed E-state index contributed by atoms with van der Waals surface area (Å²) in [4.78, 5) is 11.5. The molecule has 2 aromatic rings. The summed E-state index contributed by atoms with van der Waals surface area (Å²) in [5, 5.41) is 6.10. The Morgan fingerprint density at radius 3 is 2.43 bits per heavy atom. The number of anilines is 1. The predicted octanol–water partition coefficient (Wildman–Crippen LogP) is 3.59. The van der Waals surface area contributed by atoms with E-state index >= 15 is 0 Å². The van der Waals surface area contributed by atoms with E-state index in [0.717, 1.165) is 30.0 Å². The second kappa shape index (κ2) is 9.51. The number of nitrogens with one attached hydrogen (secondary N) is 2. The molecule has 2 rings (SSSR count). The molecule has 2 aromatic carbocycles. The largest absolute Gasteiger partial charge is 0.489 e. The molecule has 0 atom stereocenters. The van der Waals surface area contributed by atoms with Gasteiger partial charge in [0, 0.05) is 25.2 Å². The molecule has 2 N–H and O–H groups in total. The van der Waals surface area contributed by atoms with E-state index in [-0.39, 0.29) is 5.91 Å². The van der Waals surface area contributed by atoms with Gasteiger partial charge in [-0.2, -0.15) is 0 Å². The van der Waals surface area contributed by atoms with Crippen molar-refractivity contribution in [1.82, 2.24) is 5.32 Å². The zero-order chi connectivity index (χ0) is 16.3. The van der Waals surface area contributed by atoms with Crippen LogP contribution in [0, 0.1) is 0 Å². The first-order chi connectivity index (χ1) is 11.3. The summed E-state index contributed by atoms with van der Waals surface area (Å²) in [6, 6.07) is 17.9. The van der Waals surface area contributed by atoms with Crippen molar-refractivity contribution in [3.8, 4) is 5.75 Å². The van der Waals surface area contributed by atoms with Crippen LogP contribution in [0.4, 0.5) is 5.69 Å². The van der Waals surface area contributed by atoms with Crippen LogP contribution in [0.1, 0.15) is 25.3 Å². The Hall–Kier alpha value is -2.49. The van der Waals surface area contributed by atoms with E-state index in [9.17, 15) is 4.79 Å². The number of carbonyl (C=O) groups is 1. The van der Waals surface area contributed by atoms with Gasteiger partial charge in [0.1, 0.15) is 12.4 Å². The highest BCUT2D eigenvalue weighted by molar-refractivity contribution is 5.76. The molecule has 0 bridgehead atoms. The Bertz CT molecular complexity index is 582. The van der Waals surface area contributed by atoms with Crippen LogP contribution < -0.4 is 15.4 Å². The van der Waals surface area contributed by atoms with E-state index < -0.39 is 0 Å². The van der Waals surface area contributed by atoms with E-state index in [1.807, 2.05) is 61.5 Å². The van der Waals surface area contributed by atoms with Gasteiger partial charge in [0.05, 0.1) is 0 Å². The Labute approximate surface area is 137 Å². The van der Waals surface area contributed by atoms with Gasteiger partial charge in [-0.3, -0.25) is 4.79 Å². The molecule has 0 saturated heterocycles. The van der Waals surface area contributed by atoms with Gasteiger partial charge in [0.15, 0.2) is 0 Å². The highest BCUT2D eigenvalue weighted by atomic mass is 16.5. The van der Waals surface area contributed by atoms with Gasteiger partial charge in [0.25, 0.3) is 0 Å². The molecule has 0 aliphatic heterocycles. The summed E-state index contributed by atoms with van der Waals surface area (Å²) in [5.41, 5.74) is 2.13. The topological polar surface area (TPSA) is 50.4 Å². The van der Waals surface area contributed by atoms with Crippen LogP contribution in [-0.4, -0.2) is 19.0 Å². The first-order valence-electron chi connectivity index (χ1n) is 8.05. The van der Waals surface area contributed by atoms with Crippen LogP contribution in [-0.2, 0) is 11.4 Å². The zero-order valence-electron chi connectivity index (χ0n) is 13.5. The maximum Gasteiger partial charge on any atom is 0.221 e. The van der Waals surface area contributed by atoms with Crippen LogP contribution in [0.3, 0.4) is 0 Å². The lowest BCUT2D eigenvalue weighted by molar-refractivity contribution is -0.120. The number of hydrogen-bond donors (Lipinski definition) is 2. The maximum atomic E-state index is 11.5. The molecule has 0 heterocycles. The molecule has 4 heteroatoms. The number of ether oxygens (including phenoxy) is 1. The Balaban J connectivity index is 1.71. The summed E-state index contributed by atoms with van der Waals surface area (Å²) >= 11 is 0. The van der Waals surface area contributed by atoms with Crippen molar-refractivity contribution in [2.24, 2.45) is 0 Å². The summed E-state index contributed by atoms with van der Waals surface area (Å²) in [5.74, 6) is 0.919. The zero-order valence-corrected chi connectivity index (χ0v) is 13.5. The third-order valence-corrected chi connectivity index (χ3v) is 3.36. The molecule has 0 aliphatic rings. The van der Waals surface area contributed by atoms with Crippen molar-refractivity contribution in [3.63, 3.8) is 0 Å². The molecule has 122 valence electrons. The quantitative estimate of drug-likeness (QED) is 0.744. The smallest absolute Gasteiger partial charge is 0.221 e. The molecule has 0 saturated carbocycles. The minimum absolute atomic E-state index is 0.0853. The van der Waals surface area contributed by atoms with Crippen LogP contribution in [0.25, 0.3) is 0 Å². The summed E-state index contributed by atoms with van der Waals surface area (Å²) in [7, 11) is 0. The van der Waals surface area contributed by atoms with E-state index in [1.54, 1.807) is 0 Å². The fraction of sp³-hybridized carbons (Fsp3) is 0.316.